The van der Waals surface area contributed by atoms with Gasteiger partial charge >= 0.3 is 0 Å². The number of rotatable bonds is 4. The number of ether oxygens (including phenoxy) is 1. The minimum Gasteiger partial charge on any atom is -0.493 e. The van der Waals surface area contributed by atoms with Gasteiger partial charge < -0.3 is 10.1 Å². The summed E-state index contributed by atoms with van der Waals surface area (Å²) in [5.41, 5.74) is 2.49. The molecule has 1 unspecified atom stereocenters. The van der Waals surface area contributed by atoms with E-state index in [0.29, 0.717) is 6.04 Å². The van der Waals surface area contributed by atoms with E-state index in [1.807, 2.05) is 12.1 Å². The number of nitrogens with one attached hydrogen (secondary N) is 1. The lowest BCUT2D eigenvalue weighted by molar-refractivity contribution is 0.352. The summed E-state index contributed by atoms with van der Waals surface area (Å²) in [7, 11) is 0. The maximum absolute atomic E-state index is 6.11. The van der Waals surface area contributed by atoms with Crippen molar-refractivity contribution in [2.75, 3.05) is 13.2 Å². The minimum absolute atomic E-state index is 0.455. The zero-order valence-corrected chi connectivity index (χ0v) is 10.6. The van der Waals surface area contributed by atoms with E-state index in [9.17, 15) is 0 Å². The third-order valence-corrected chi connectivity index (χ3v) is 3.12. The molecule has 0 bridgehead atoms. The first kappa shape index (κ1) is 11.7. The molecule has 16 heavy (non-hydrogen) atoms. The van der Waals surface area contributed by atoms with Gasteiger partial charge in [-0.05, 0) is 43.1 Å². The second-order valence-corrected chi connectivity index (χ2v) is 4.75. The lowest BCUT2D eigenvalue weighted by Crippen LogP contribution is -2.27. The van der Waals surface area contributed by atoms with Crippen molar-refractivity contribution in [1.82, 2.24) is 5.32 Å². The topological polar surface area (TPSA) is 21.3 Å². The Morgan fingerprint density at radius 1 is 1.50 bits per heavy atom. The van der Waals surface area contributed by atoms with E-state index in [2.05, 4.69) is 19.2 Å². The van der Waals surface area contributed by atoms with Crippen LogP contribution in [0.25, 0.3) is 0 Å². The van der Waals surface area contributed by atoms with Crippen LogP contribution in [0.5, 0.6) is 5.75 Å². The molecule has 1 N–H and O–H groups in total. The molecule has 88 valence electrons. The van der Waals surface area contributed by atoms with E-state index >= 15 is 0 Å². The number of hydrogen-bond acceptors (Lipinski definition) is 2. The van der Waals surface area contributed by atoms with Crippen molar-refractivity contribution < 1.29 is 4.74 Å². The summed E-state index contributed by atoms with van der Waals surface area (Å²) in [4.78, 5) is 0. The van der Waals surface area contributed by atoms with Crippen LogP contribution in [-0.4, -0.2) is 19.2 Å². The van der Waals surface area contributed by atoms with E-state index in [4.69, 9.17) is 16.3 Å². The molecule has 1 aliphatic rings. The molecule has 1 aliphatic heterocycles. The van der Waals surface area contributed by atoms with Crippen molar-refractivity contribution in [3.63, 3.8) is 0 Å². The summed E-state index contributed by atoms with van der Waals surface area (Å²) in [5, 5.41) is 4.23. The molecule has 0 aromatic heterocycles. The van der Waals surface area contributed by atoms with Gasteiger partial charge in [0.15, 0.2) is 0 Å². The average Bonchev–Trinajstić information content (AvgIpc) is 2.65. The fourth-order valence-corrected chi connectivity index (χ4v) is 2.51. The Kier molecular flexibility index (Phi) is 3.72. The Balaban J connectivity index is 2.20. The van der Waals surface area contributed by atoms with Crippen molar-refractivity contribution in [1.29, 1.82) is 0 Å². The van der Waals surface area contributed by atoms with Gasteiger partial charge in [-0.2, -0.15) is 0 Å². The van der Waals surface area contributed by atoms with Crippen LogP contribution >= 0.6 is 11.6 Å². The summed E-state index contributed by atoms with van der Waals surface area (Å²) < 4.78 is 5.68. The van der Waals surface area contributed by atoms with Crippen LogP contribution in [0.4, 0.5) is 0 Å². The molecule has 0 radical (unpaired) electrons. The van der Waals surface area contributed by atoms with E-state index < -0.39 is 0 Å². The molecule has 0 fully saturated rings. The van der Waals surface area contributed by atoms with Crippen molar-refractivity contribution in [3.8, 4) is 5.75 Å². The fraction of sp³-hybridized carbons (Fsp3) is 0.538. The molecule has 1 atom stereocenters. The Morgan fingerprint density at radius 2 is 2.31 bits per heavy atom. The summed E-state index contributed by atoms with van der Waals surface area (Å²) in [6.45, 7) is 6.09. The van der Waals surface area contributed by atoms with Gasteiger partial charge in [0, 0.05) is 17.5 Å². The monoisotopic (exact) mass is 239 g/mol. The Labute approximate surface area is 102 Å². The highest BCUT2D eigenvalue weighted by Gasteiger charge is 2.18. The largest absolute Gasteiger partial charge is 0.493 e. The molecule has 0 amide bonds. The maximum atomic E-state index is 6.11. The second-order valence-electron chi connectivity index (χ2n) is 4.31. The van der Waals surface area contributed by atoms with Crippen LogP contribution in [0.15, 0.2) is 12.1 Å². The molecule has 3 heteroatoms. The highest BCUT2D eigenvalue weighted by molar-refractivity contribution is 6.30. The van der Waals surface area contributed by atoms with Gasteiger partial charge in [-0.1, -0.05) is 18.5 Å². The van der Waals surface area contributed by atoms with Crippen molar-refractivity contribution in [3.05, 3.63) is 28.3 Å². The molecular weight excluding hydrogens is 222 g/mol. The van der Waals surface area contributed by atoms with E-state index in [-0.39, 0.29) is 0 Å². The number of halogens is 1. The Morgan fingerprint density at radius 3 is 3.06 bits per heavy atom. The molecule has 0 spiro atoms. The normalized spacial score (nSPS) is 15.7. The first-order valence-corrected chi connectivity index (χ1v) is 6.26. The molecular formula is C13H18ClNO. The van der Waals surface area contributed by atoms with Crippen LogP contribution in [-0.2, 0) is 12.8 Å². The van der Waals surface area contributed by atoms with Gasteiger partial charge in [-0.3, -0.25) is 0 Å². The highest BCUT2D eigenvalue weighted by Crippen LogP contribution is 2.33. The number of benzene rings is 1. The molecule has 2 rings (SSSR count). The molecule has 0 saturated carbocycles. The van der Waals surface area contributed by atoms with Gasteiger partial charge in [0.05, 0.1) is 6.61 Å². The summed E-state index contributed by atoms with van der Waals surface area (Å²) in [6.07, 6.45) is 1.95. The predicted octanol–water partition coefficient (Wildman–Crippen LogP) is 2.82. The number of hydrogen-bond donors (Lipinski definition) is 1. The predicted molar refractivity (Wildman–Crippen MR) is 67.5 cm³/mol. The summed E-state index contributed by atoms with van der Waals surface area (Å²) >= 11 is 6.11. The van der Waals surface area contributed by atoms with E-state index in [1.54, 1.807) is 0 Å². The smallest absolute Gasteiger partial charge is 0.125 e. The average molecular weight is 240 g/mol. The van der Waals surface area contributed by atoms with Gasteiger partial charge in [0.1, 0.15) is 5.75 Å². The zero-order valence-electron chi connectivity index (χ0n) is 9.85. The summed E-state index contributed by atoms with van der Waals surface area (Å²) in [5.74, 6) is 1.06. The quantitative estimate of drug-likeness (QED) is 0.873. The highest BCUT2D eigenvalue weighted by atomic mass is 35.5. The second kappa shape index (κ2) is 5.07. The minimum atomic E-state index is 0.455. The van der Waals surface area contributed by atoms with Crippen molar-refractivity contribution in [2.45, 2.75) is 32.7 Å². The van der Waals surface area contributed by atoms with E-state index in [1.165, 1.54) is 11.1 Å². The van der Waals surface area contributed by atoms with Crippen molar-refractivity contribution in [2.24, 2.45) is 0 Å². The number of fused-ring (bicyclic) bond motifs is 1. The standard InChI is InChI=1S/C13H18ClNO/c1-3-15-9(2)6-11-8-12(14)7-10-4-5-16-13(10)11/h7-9,15H,3-6H2,1-2H3. The van der Waals surface area contributed by atoms with E-state index in [0.717, 1.165) is 36.8 Å². The van der Waals surface area contributed by atoms with Gasteiger partial charge in [0.25, 0.3) is 0 Å². The van der Waals surface area contributed by atoms with Gasteiger partial charge in [-0.25, -0.2) is 0 Å². The first-order chi connectivity index (χ1) is 7.70. The van der Waals surface area contributed by atoms with Crippen LogP contribution in [0.3, 0.4) is 0 Å². The maximum Gasteiger partial charge on any atom is 0.125 e. The molecule has 0 aliphatic carbocycles. The SMILES string of the molecule is CCNC(C)Cc1cc(Cl)cc2c1OCC2. The van der Waals surface area contributed by atoms with Gasteiger partial charge in [-0.15, -0.1) is 0 Å². The molecule has 0 saturated heterocycles. The third kappa shape index (κ3) is 2.50. The lowest BCUT2D eigenvalue weighted by Gasteiger charge is -2.15. The Bertz CT molecular complexity index is 378. The fourth-order valence-electron chi connectivity index (χ4n) is 2.25. The number of likely N-dealkylation sites (N-methyl/N-ethyl adjacent to an activating group) is 1. The lowest BCUT2D eigenvalue weighted by atomic mass is 10.0. The van der Waals surface area contributed by atoms with Crippen molar-refractivity contribution >= 4 is 11.6 Å². The first-order valence-electron chi connectivity index (χ1n) is 5.88. The van der Waals surface area contributed by atoms with Crippen LogP contribution in [0.2, 0.25) is 5.02 Å². The molecule has 2 nitrogen and oxygen atoms in total. The van der Waals surface area contributed by atoms with Crippen LogP contribution in [0, 0.1) is 0 Å². The summed E-state index contributed by atoms with van der Waals surface area (Å²) in [6, 6.07) is 4.50. The molecule has 1 heterocycles. The molecule has 1 aromatic carbocycles. The zero-order chi connectivity index (χ0) is 11.5. The Hall–Kier alpha value is -0.730. The van der Waals surface area contributed by atoms with Gasteiger partial charge in [0.2, 0.25) is 0 Å². The van der Waals surface area contributed by atoms with Crippen LogP contribution in [0.1, 0.15) is 25.0 Å². The molecule has 1 aromatic rings. The van der Waals surface area contributed by atoms with Crippen LogP contribution < -0.4 is 10.1 Å². The third-order valence-electron chi connectivity index (χ3n) is 2.90.